The molecule has 0 saturated heterocycles. The van der Waals surface area contributed by atoms with Gasteiger partial charge in [0.05, 0.1) is 6.54 Å². The van der Waals surface area contributed by atoms with Crippen LogP contribution in [0.4, 0.5) is 0 Å². The molecular formula is C10H11NO. The number of ketones is 1. The number of aliphatic imine (C=N–C) groups is 1. The molecule has 2 heteroatoms. The third-order valence-electron chi connectivity index (χ3n) is 1.35. The predicted octanol–water partition coefficient (Wildman–Crippen LogP) is 1.69. The van der Waals surface area contributed by atoms with Gasteiger partial charge in [-0.05, 0) is 12.5 Å². The highest BCUT2D eigenvalue weighted by Crippen LogP contribution is 1.93. The molecule has 0 aromatic heterocycles. The Labute approximate surface area is 71.9 Å². The number of carbonyl (C=O) groups is 1. The SMILES string of the molecule is CC(=O)C/N=C/c1ccccc1. The lowest BCUT2D eigenvalue weighted by Gasteiger charge is -1.89. The molecule has 0 aliphatic rings. The van der Waals surface area contributed by atoms with E-state index in [4.69, 9.17) is 0 Å². The van der Waals surface area contributed by atoms with Gasteiger partial charge in [0.25, 0.3) is 0 Å². The van der Waals surface area contributed by atoms with Crippen LogP contribution >= 0.6 is 0 Å². The second-order valence-electron chi connectivity index (χ2n) is 2.58. The van der Waals surface area contributed by atoms with Crippen molar-refractivity contribution in [2.75, 3.05) is 6.54 Å². The summed E-state index contributed by atoms with van der Waals surface area (Å²) in [4.78, 5) is 14.5. The third-order valence-corrected chi connectivity index (χ3v) is 1.35. The summed E-state index contributed by atoms with van der Waals surface area (Å²) < 4.78 is 0. The highest BCUT2D eigenvalue weighted by molar-refractivity contribution is 5.83. The standard InChI is InChI=1S/C10H11NO/c1-9(12)7-11-8-10-5-3-2-4-6-10/h2-6,8H,7H2,1H3/b11-8+. The Balaban J connectivity index is 2.52. The molecule has 0 heterocycles. The lowest BCUT2D eigenvalue weighted by Crippen LogP contribution is -1.94. The zero-order valence-electron chi connectivity index (χ0n) is 7.03. The van der Waals surface area contributed by atoms with Crippen molar-refractivity contribution >= 4 is 12.0 Å². The van der Waals surface area contributed by atoms with E-state index in [1.807, 2.05) is 30.3 Å². The van der Waals surface area contributed by atoms with Gasteiger partial charge in [0.15, 0.2) is 5.78 Å². The monoisotopic (exact) mass is 161 g/mol. The van der Waals surface area contributed by atoms with Crippen LogP contribution in [0, 0.1) is 0 Å². The van der Waals surface area contributed by atoms with Gasteiger partial charge in [-0.3, -0.25) is 9.79 Å². The van der Waals surface area contributed by atoms with E-state index in [1.54, 1.807) is 6.21 Å². The summed E-state index contributed by atoms with van der Waals surface area (Å²) in [5.74, 6) is 0.0854. The second kappa shape index (κ2) is 4.44. The van der Waals surface area contributed by atoms with Gasteiger partial charge in [-0.25, -0.2) is 0 Å². The molecule has 0 aliphatic carbocycles. The molecule has 0 spiro atoms. The summed E-state index contributed by atoms with van der Waals surface area (Å²) in [6, 6.07) is 9.72. The highest BCUT2D eigenvalue weighted by Gasteiger charge is 1.87. The Morgan fingerprint density at radius 3 is 2.67 bits per heavy atom. The molecule has 62 valence electrons. The van der Waals surface area contributed by atoms with Gasteiger partial charge in [-0.15, -0.1) is 0 Å². The van der Waals surface area contributed by atoms with Crippen LogP contribution in [0.1, 0.15) is 12.5 Å². The molecule has 1 rings (SSSR count). The van der Waals surface area contributed by atoms with Crippen LogP contribution < -0.4 is 0 Å². The van der Waals surface area contributed by atoms with Crippen molar-refractivity contribution in [3.63, 3.8) is 0 Å². The van der Waals surface area contributed by atoms with E-state index in [-0.39, 0.29) is 12.3 Å². The number of hydrogen-bond donors (Lipinski definition) is 0. The molecule has 12 heavy (non-hydrogen) atoms. The summed E-state index contributed by atoms with van der Waals surface area (Å²) in [6.07, 6.45) is 1.71. The summed E-state index contributed by atoms with van der Waals surface area (Å²) >= 11 is 0. The fraction of sp³-hybridized carbons (Fsp3) is 0.200. The van der Waals surface area contributed by atoms with Crippen molar-refractivity contribution in [3.8, 4) is 0 Å². The van der Waals surface area contributed by atoms with Gasteiger partial charge in [0.1, 0.15) is 0 Å². The number of benzene rings is 1. The number of rotatable bonds is 3. The van der Waals surface area contributed by atoms with E-state index in [2.05, 4.69) is 4.99 Å². The van der Waals surface area contributed by atoms with Crippen LogP contribution in [0.15, 0.2) is 35.3 Å². The lowest BCUT2D eigenvalue weighted by atomic mass is 10.2. The van der Waals surface area contributed by atoms with Crippen LogP contribution in [-0.2, 0) is 4.79 Å². The average Bonchev–Trinajstić information content (AvgIpc) is 2.05. The number of hydrogen-bond acceptors (Lipinski definition) is 2. The van der Waals surface area contributed by atoms with Crippen molar-refractivity contribution in [2.45, 2.75) is 6.92 Å². The molecular weight excluding hydrogens is 150 g/mol. The maximum absolute atomic E-state index is 10.5. The van der Waals surface area contributed by atoms with E-state index in [1.165, 1.54) is 6.92 Å². The molecule has 0 aliphatic heterocycles. The quantitative estimate of drug-likeness (QED) is 0.620. The largest absolute Gasteiger partial charge is 0.298 e. The Hall–Kier alpha value is -1.44. The summed E-state index contributed by atoms with van der Waals surface area (Å²) in [5.41, 5.74) is 1.03. The minimum absolute atomic E-state index is 0.0854. The topological polar surface area (TPSA) is 29.4 Å². The van der Waals surface area contributed by atoms with Gasteiger partial charge in [0.2, 0.25) is 0 Å². The fourth-order valence-electron chi connectivity index (χ4n) is 0.819. The first-order chi connectivity index (χ1) is 5.79. The summed E-state index contributed by atoms with van der Waals surface area (Å²) in [6.45, 7) is 1.80. The van der Waals surface area contributed by atoms with E-state index < -0.39 is 0 Å². The molecule has 1 aromatic carbocycles. The molecule has 0 atom stereocenters. The Bertz CT molecular complexity index is 277. The van der Waals surface area contributed by atoms with E-state index in [0.717, 1.165) is 5.56 Å². The molecule has 0 unspecified atom stereocenters. The Morgan fingerprint density at radius 2 is 2.08 bits per heavy atom. The highest BCUT2D eigenvalue weighted by atomic mass is 16.1. The molecule has 0 bridgehead atoms. The van der Waals surface area contributed by atoms with Gasteiger partial charge in [-0.1, -0.05) is 30.3 Å². The Kier molecular flexibility index (Phi) is 3.20. The zero-order valence-corrected chi connectivity index (χ0v) is 7.03. The number of nitrogens with zero attached hydrogens (tertiary/aromatic N) is 1. The molecule has 0 saturated carbocycles. The van der Waals surface area contributed by atoms with Gasteiger partial charge < -0.3 is 0 Å². The second-order valence-corrected chi connectivity index (χ2v) is 2.58. The predicted molar refractivity (Wildman–Crippen MR) is 49.6 cm³/mol. The summed E-state index contributed by atoms with van der Waals surface area (Å²) in [5, 5.41) is 0. The molecule has 0 fully saturated rings. The van der Waals surface area contributed by atoms with E-state index in [9.17, 15) is 4.79 Å². The third kappa shape index (κ3) is 3.10. The average molecular weight is 161 g/mol. The molecule has 0 amide bonds. The van der Waals surface area contributed by atoms with Gasteiger partial charge >= 0.3 is 0 Å². The number of Topliss-reactive ketones (excluding diaryl/α,β-unsaturated/α-hetero) is 1. The summed E-state index contributed by atoms with van der Waals surface area (Å²) in [7, 11) is 0. The van der Waals surface area contributed by atoms with Crippen LogP contribution in [0.25, 0.3) is 0 Å². The smallest absolute Gasteiger partial charge is 0.151 e. The molecule has 1 aromatic rings. The van der Waals surface area contributed by atoms with Crippen molar-refractivity contribution in [1.82, 2.24) is 0 Å². The van der Waals surface area contributed by atoms with Crippen LogP contribution in [0.2, 0.25) is 0 Å². The van der Waals surface area contributed by atoms with Crippen molar-refractivity contribution in [1.29, 1.82) is 0 Å². The van der Waals surface area contributed by atoms with Crippen molar-refractivity contribution in [3.05, 3.63) is 35.9 Å². The van der Waals surface area contributed by atoms with Gasteiger partial charge in [-0.2, -0.15) is 0 Å². The van der Waals surface area contributed by atoms with Crippen LogP contribution in [0.5, 0.6) is 0 Å². The van der Waals surface area contributed by atoms with E-state index >= 15 is 0 Å². The van der Waals surface area contributed by atoms with Crippen LogP contribution in [0.3, 0.4) is 0 Å². The van der Waals surface area contributed by atoms with Crippen molar-refractivity contribution < 1.29 is 4.79 Å². The fourth-order valence-corrected chi connectivity index (χ4v) is 0.819. The Morgan fingerprint density at radius 1 is 1.42 bits per heavy atom. The first kappa shape index (κ1) is 8.65. The maximum Gasteiger partial charge on any atom is 0.151 e. The lowest BCUT2D eigenvalue weighted by molar-refractivity contribution is -0.115. The van der Waals surface area contributed by atoms with Crippen molar-refractivity contribution in [2.24, 2.45) is 4.99 Å². The molecule has 0 N–H and O–H groups in total. The van der Waals surface area contributed by atoms with E-state index in [0.29, 0.717) is 0 Å². The zero-order chi connectivity index (χ0) is 8.81. The van der Waals surface area contributed by atoms with Gasteiger partial charge in [0, 0.05) is 6.21 Å². The van der Waals surface area contributed by atoms with Crippen LogP contribution in [-0.4, -0.2) is 18.5 Å². The molecule has 0 radical (unpaired) electrons. The normalized spacial score (nSPS) is 10.4. The maximum atomic E-state index is 10.5. The molecule has 2 nitrogen and oxygen atoms in total. The minimum Gasteiger partial charge on any atom is -0.298 e. The minimum atomic E-state index is 0.0854. The first-order valence-corrected chi connectivity index (χ1v) is 3.83. The number of carbonyl (C=O) groups excluding carboxylic acids is 1. The first-order valence-electron chi connectivity index (χ1n) is 3.83.